The molecule has 0 spiro atoms. The van der Waals surface area contributed by atoms with Gasteiger partial charge in [0.15, 0.2) is 0 Å². The summed E-state index contributed by atoms with van der Waals surface area (Å²) in [6.07, 6.45) is 17.5. The summed E-state index contributed by atoms with van der Waals surface area (Å²) in [5, 5.41) is 1.15. The van der Waals surface area contributed by atoms with Crippen molar-refractivity contribution < 1.29 is 4.74 Å². The van der Waals surface area contributed by atoms with Crippen molar-refractivity contribution in [3.63, 3.8) is 0 Å². The van der Waals surface area contributed by atoms with Crippen molar-refractivity contribution in [1.29, 1.82) is 0 Å². The molecule has 1 heterocycles. The van der Waals surface area contributed by atoms with E-state index in [9.17, 15) is 0 Å². The van der Waals surface area contributed by atoms with Gasteiger partial charge in [-0.25, -0.2) is 4.98 Å². The van der Waals surface area contributed by atoms with Crippen molar-refractivity contribution in [3.8, 4) is 0 Å². The zero-order valence-electron chi connectivity index (χ0n) is 16.4. The van der Waals surface area contributed by atoms with Gasteiger partial charge in [0.05, 0.1) is 29.1 Å². The molecule has 0 aliphatic carbocycles. The first-order chi connectivity index (χ1) is 13.2. The van der Waals surface area contributed by atoms with Crippen LogP contribution in [0.25, 0.3) is 0 Å². The molecule has 0 aliphatic rings. The Bertz CT molecular complexity index is 631. The number of hydrogen-bond donors (Lipinski definition) is 0. The molecule has 1 aromatic heterocycles. The maximum atomic E-state index is 6.21. The molecule has 150 valence electrons. The summed E-state index contributed by atoms with van der Waals surface area (Å²) < 4.78 is 8.29. The van der Waals surface area contributed by atoms with Gasteiger partial charge < -0.3 is 9.30 Å². The van der Waals surface area contributed by atoms with Gasteiger partial charge in [-0.2, -0.15) is 0 Å². The molecular formula is C22H32Cl2N2O. The third-order valence-electron chi connectivity index (χ3n) is 4.82. The highest BCUT2D eigenvalue weighted by atomic mass is 35.5. The lowest BCUT2D eigenvalue weighted by atomic mass is 10.1. The van der Waals surface area contributed by atoms with Gasteiger partial charge in [-0.05, 0) is 24.1 Å². The Morgan fingerprint density at radius 2 is 1.74 bits per heavy atom. The fourth-order valence-corrected chi connectivity index (χ4v) is 3.53. The molecule has 0 fully saturated rings. The molecule has 0 radical (unpaired) electrons. The van der Waals surface area contributed by atoms with Crippen molar-refractivity contribution in [2.75, 3.05) is 0 Å². The second-order valence-electron chi connectivity index (χ2n) is 7.20. The van der Waals surface area contributed by atoms with Gasteiger partial charge in [-0.1, -0.05) is 87.6 Å². The van der Waals surface area contributed by atoms with E-state index in [0.29, 0.717) is 16.7 Å². The highest BCUT2D eigenvalue weighted by Crippen LogP contribution is 2.23. The Hall–Kier alpha value is -1.03. The van der Waals surface area contributed by atoms with E-state index < -0.39 is 0 Å². The van der Waals surface area contributed by atoms with E-state index in [1.54, 1.807) is 0 Å². The molecule has 2 aromatic rings. The van der Waals surface area contributed by atoms with Crippen molar-refractivity contribution in [1.82, 2.24) is 9.55 Å². The molecule has 0 amide bonds. The predicted octanol–water partition coefficient (Wildman–Crippen LogP) is 7.31. The topological polar surface area (TPSA) is 27.1 Å². The quantitative estimate of drug-likeness (QED) is 0.305. The lowest BCUT2D eigenvalue weighted by Crippen LogP contribution is -2.19. The Morgan fingerprint density at radius 1 is 1.00 bits per heavy atom. The van der Waals surface area contributed by atoms with Crippen LogP contribution in [0.1, 0.15) is 70.3 Å². The van der Waals surface area contributed by atoms with Crippen LogP contribution in [0.5, 0.6) is 0 Å². The smallest absolute Gasteiger partial charge is 0.0946 e. The molecule has 3 nitrogen and oxygen atoms in total. The van der Waals surface area contributed by atoms with Crippen LogP contribution in [0.15, 0.2) is 36.9 Å². The number of hydrogen-bond acceptors (Lipinski definition) is 2. The van der Waals surface area contributed by atoms with Crippen molar-refractivity contribution >= 4 is 23.2 Å². The van der Waals surface area contributed by atoms with E-state index in [1.165, 1.54) is 51.4 Å². The van der Waals surface area contributed by atoms with E-state index in [1.807, 2.05) is 36.9 Å². The minimum atomic E-state index is 0.175. The SMILES string of the molecule is CCCCCCCCCCC(Cn1ccnc1)OCc1ccc(Cl)c(Cl)c1. The average molecular weight is 411 g/mol. The normalized spacial score (nSPS) is 12.4. The summed E-state index contributed by atoms with van der Waals surface area (Å²) in [6, 6.07) is 5.68. The zero-order chi connectivity index (χ0) is 19.3. The van der Waals surface area contributed by atoms with Crippen LogP contribution in [0.2, 0.25) is 10.0 Å². The second-order valence-corrected chi connectivity index (χ2v) is 8.02. The van der Waals surface area contributed by atoms with Gasteiger partial charge in [0.25, 0.3) is 0 Å². The summed E-state index contributed by atoms with van der Waals surface area (Å²) in [5.74, 6) is 0. The molecule has 2 rings (SSSR count). The van der Waals surface area contributed by atoms with Gasteiger partial charge in [0, 0.05) is 18.9 Å². The van der Waals surface area contributed by atoms with Crippen LogP contribution in [-0.4, -0.2) is 15.7 Å². The van der Waals surface area contributed by atoms with Gasteiger partial charge in [-0.15, -0.1) is 0 Å². The molecule has 0 saturated heterocycles. The third-order valence-corrected chi connectivity index (χ3v) is 5.56. The van der Waals surface area contributed by atoms with E-state index in [-0.39, 0.29) is 6.10 Å². The highest BCUT2D eigenvalue weighted by molar-refractivity contribution is 6.42. The zero-order valence-corrected chi connectivity index (χ0v) is 17.9. The summed E-state index contributed by atoms with van der Waals surface area (Å²) in [7, 11) is 0. The predicted molar refractivity (Wildman–Crippen MR) is 114 cm³/mol. The number of aromatic nitrogens is 2. The minimum absolute atomic E-state index is 0.175. The second kappa shape index (κ2) is 13.2. The van der Waals surface area contributed by atoms with Crippen LogP contribution >= 0.6 is 23.2 Å². The molecule has 0 N–H and O–H groups in total. The van der Waals surface area contributed by atoms with Crippen molar-refractivity contribution in [3.05, 3.63) is 52.5 Å². The molecule has 1 aromatic carbocycles. The first-order valence-corrected chi connectivity index (χ1v) is 11.0. The fraction of sp³-hybridized carbons (Fsp3) is 0.591. The molecular weight excluding hydrogens is 379 g/mol. The Kier molecular flexibility index (Phi) is 10.9. The van der Waals surface area contributed by atoms with Crippen molar-refractivity contribution in [2.45, 2.75) is 84.0 Å². The summed E-state index contributed by atoms with van der Waals surface area (Å²) in [5.41, 5.74) is 1.05. The Balaban J connectivity index is 1.74. The summed E-state index contributed by atoms with van der Waals surface area (Å²) >= 11 is 12.1. The van der Waals surface area contributed by atoms with Crippen LogP contribution in [-0.2, 0) is 17.9 Å². The standard InChI is InChI=1S/C22H32Cl2N2O/c1-2-3-4-5-6-7-8-9-10-20(16-26-14-13-25-18-26)27-17-19-11-12-21(23)22(24)15-19/h11-15,18,20H,2-10,16-17H2,1H3. The number of benzene rings is 1. The van der Waals surface area contributed by atoms with Gasteiger partial charge in [0.2, 0.25) is 0 Å². The lowest BCUT2D eigenvalue weighted by molar-refractivity contribution is 0.0221. The average Bonchev–Trinajstić information content (AvgIpc) is 3.17. The molecule has 0 aliphatic heterocycles. The van der Waals surface area contributed by atoms with Crippen LogP contribution in [0.3, 0.4) is 0 Å². The first kappa shape index (κ1) is 22.3. The maximum Gasteiger partial charge on any atom is 0.0946 e. The van der Waals surface area contributed by atoms with Crippen LogP contribution in [0, 0.1) is 0 Å². The molecule has 0 saturated carbocycles. The van der Waals surface area contributed by atoms with Gasteiger partial charge >= 0.3 is 0 Å². The number of unbranched alkanes of at least 4 members (excludes halogenated alkanes) is 7. The van der Waals surface area contributed by atoms with Crippen LogP contribution in [0.4, 0.5) is 0 Å². The summed E-state index contributed by atoms with van der Waals surface area (Å²) in [6.45, 7) is 3.64. The van der Waals surface area contributed by atoms with Gasteiger partial charge in [-0.3, -0.25) is 0 Å². The number of ether oxygens (including phenoxy) is 1. The fourth-order valence-electron chi connectivity index (χ4n) is 3.21. The molecule has 27 heavy (non-hydrogen) atoms. The maximum absolute atomic E-state index is 6.21. The number of imidazole rings is 1. The molecule has 1 unspecified atom stereocenters. The number of halogens is 2. The monoisotopic (exact) mass is 410 g/mol. The summed E-state index contributed by atoms with van der Waals surface area (Å²) in [4.78, 5) is 4.14. The Labute approximate surface area is 174 Å². The largest absolute Gasteiger partial charge is 0.372 e. The van der Waals surface area contributed by atoms with Gasteiger partial charge in [0.1, 0.15) is 0 Å². The number of rotatable bonds is 14. The molecule has 0 bridgehead atoms. The lowest BCUT2D eigenvalue weighted by Gasteiger charge is -2.19. The molecule has 5 heteroatoms. The third kappa shape index (κ3) is 9.14. The number of nitrogens with zero attached hydrogens (tertiary/aromatic N) is 2. The van der Waals surface area contributed by atoms with Crippen LogP contribution < -0.4 is 0 Å². The van der Waals surface area contributed by atoms with E-state index >= 15 is 0 Å². The minimum Gasteiger partial charge on any atom is -0.372 e. The van der Waals surface area contributed by atoms with E-state index in [0.717, 1.165) is 18.5 Å². The van der Waals surface area contributed by atoms with E-state index in [2.05, 4.69) is 16.5 Å². The molecule has 1 atom stereocenters. The first-order valence-electron chi connectivity index (χ1n) is 10.2. The highest BCUT2D eigenvalue weighted by Gasteiger charge is 2.11. The van der Waals surface area contributed by atoms with Crippen molar-refractivity contribution in [2.24, 2.45) is 0 Å². The van der Waals surface area contributed by atoms with E-state index in [4.69, 9.17) is 27.9 Å². The Morgan fingerprint density at radius 3 is 2.41 bits per heavy atom.